The van der Waals surface area contributed by atoms with Crippen LogP contribution in [-0.4, -0.2) is 24.7 Å². The highest BCUT2D eigenvalue weighted by Gasteiger charge is 2.00. The molecule has 0 amide bonds. The lowest BCUT2D eigenvalue weighted by molar-refractivity contribution is 0.638. The van der Waals surface area contributed by atoms with Crippen LogP contribution in [-0.2, 0) is 0 Å². The van der Waals surface area contributed by atoms with Gasteiger partial charge >= 0.3 is 0 Å². The van der Waals surface area contributed by atoms with Crippen LogP contribution in [0.15, 0.2) is 61.4 Å². The molecular weight excluding hydrogens is 401 g/mol. The van der Waals surface area contributed by atoms with Crippen molar-refractivity contribution in [3.05, 3.63) is 78.5 Å². The zero-order valence-corrected chi connectivity index (χ0v) is 20.8. The molecule has 0 aliphatic heterocycles. The molecule has 0 unspecified atom stereocenters. The Morgan fingerprint density at radius 1 is 0.875 bits per heavy atom. The smallest absolute Gasteiger partial charge is 0.156 e. The molecule has 32 heavy (non-hydrogen) atoms. The van der Waals surface area contributed by atoms with Crippen LogP contribution in [0, 0.1) is 19.7 Å². The highest BCUT2D eigenvalue weighted by Crippen LogP contribution is 2.17. The average Bonchev–Trinajstić information content (AvgIpc) is 3.29. The standard InChI is InChI=1S/C10H8FN.C8H8N4.C4H10.2C2H6/c1-7-4-8-2-3-12-6-9(8)10(11)5-7;1-7-3-5-12(11-7)8-2-4-9-6-10-8;1-3-4-2;2*1-2/h2*2-6H,1H3;3-4H2,1-2H3;2*1-2H3. The lowest BCUT2D eigenvalue weighted by Gasteiger charge is -1.99. The lowest BCUT2D eigenvalue weighted by atomic mass is 10.1. The van der Waals surface area contributed by atoms with E-state index in [-0.39, 0.29) is 5.82 Å². The third kappa shape index (κ3) is 10.2. The number of fused-ring (bicyclic) bond motifs is 1. The van der Waals surface area contributed by atoms with E-state index >= 15 is 0 Å². The number of aromatic nitrogens is 5. The predicted molar refractivity (Wildman–Crippen MR) is 134 cm³/mol. The van der Waals surface area contributed by atoms with Crippen LogP contribution in [0.25, 0.3) is 16.6 Å². The quantitative estimate of drug-likeness (QED) is 0.324. The number of pyridine rings is 1. The highest BCUT2D eigenvalue weighted by molar-refractivity contribution is 5.82. The number of aryl methyl sites for hydroxylation is 2. The van der Waals surface area contributed by atoms with Gasteiger partial charge < -0.3 is 0 Å². The molecule has 0 N–H and O–H groups in total. The fraction of sp³-hybridized carbons (Fsp3) is 0.385. The normalized spacial score (nSPS) is 9.03. The molecule has 4 aromatic rings. The van der Waals surface area contributed by atoms with Crippen molar-refractivity contribution in [3.8, 4) is 5.82 Å². The van der Waals surface area contributed by atoms with Crippen LogP contribution in [0.3, 0.4) is 0 Å². The van der Waals surface area contributed by atoms with Gasteiger partial charge in [-0.3, -0.25) is 4.98 Å². The summed E-state index contributed by atoms with van der Waals surface area (Å²) in [5.74, 6) is 0.594. The molecule has 0 saturated heterocycles. The van der Waals surface area contributed by atoms with Gasteiger partial charge in [-0.25, -0.2) is 19.0 Å². The van der Waals surface area contributed by atoms with Gasteiger partial charge in [-0.05, 0) is 43.0 Å². The van der Waals surface area contributed by atoms with Crippen molar-refractivity contribution in [2.24, 2.45) is 0 Å². The second-order valence-corrected chi connectivity index (χ2v) is 6.31. The van der Waals surface area contributed by atoms with Crippen molar-refractivity contribution in [1.82, 2.24) is 24.7 Å². The first-order chi connectivity index (χ1) is 15.5. The minimum Gasteiger partial charge on any atom is -0.264 e. The van der Waals surface area contributed by atoms with Crippen molar-refractivity contribution < 1.29 is 4.39 Å². The van der Waals surface area contributed by atoms with Gasteiger partial charge in [0.05, 0.1) is 5.69 Å². The Balaban J connectivity index is 0.000000457. The number of unbranched alkanes of at least 4 members (excludes halogenated alkanes) is 1. The van der Waals surface area contributed by atoms with Crippen molar-refractivity contribution in [1.29, 1.82) is 0 Å². The minimum absolute atomic E-state index is 0.196. The van der Waals surface area contributed by atoms with Crippen LogP contribution in [0.2, 0.25) is 0 Å². The summed E-state index contributed by atoms with van der Waals surface area (Å²) in [6, 6.07) is 9.02. The fourth-order valence-corrected chi connectivity index (χ4v) is 2.26. The first-order valence-corrected chi connectivity index (χ1v) is 11.3. The molecule has 174 valence electrons. The SMILES string of the molecule is CC.CC.CCCC.Cc1cc(F)c2cnccc2c1.Cc1ccn(-c2ccncn2)n1. The summed E-state index contributed by atoms with van der Waals surface area (Å²) in [6.07, 6.45) is 10.9. The van der Waals surface area contributed by atoms with Crippen molar-refractivity contribution in [2.75, 3.05) is 0 Å². The Labute approximate surface area is 192 Å². The highest BCUT2D eigenvalue weighted by atomic mass is 19.1. The Morgan fingerprint density at radius 2 is 1.53 bits per heavy atom. The fourth-order valence-electron chi connectivity index (χ4n) is 2.26. The van der Waals surface area contributed by atoms with Crippen LogP contribution in [0.5, 0.6) is 0 Å². The predicted octanol–water partition coefficient (Wildman–Crippen LogP) is 7.51. The van der Waals surface area contributed by atoms with Crippen molar-refractivity contribution in [2.45, 2.75) is 68.2 Å². The topological polar surface area (TPSA) is 56.5 Å². The maximum Gasteiger partial charge on any atom is 0.156 e. The van der Waals surface area contributed by atoms with E-state index in [1.165, 1.54) is 25.2 Å². The van der Waals surface area contributed by atoms with E-state index in [2.05, 4.69) is 33.9 Å². The van der Waals surface area contributed by atoms with E-state index in [1.807, 2.05) is 72.0 Å². The van der Waals surface area contributed by atoms with E-state index in [9.17, 15) is 4.39 Å². The maximum absolute atomic E-state index is 13.2. The Morgan fingerprint density at radius 3 is 2.06 bits per heavy atom. The van der Waals surface area contributed by atoms with Crippen LogP contribution in [0.4, 0.5) is 4.39 Å². The number of benzene rings is 1. The molecule has 0 bridgehead atoms. The molecule has 0 aliphatic carbocycles. The van der Waals surface area contributed by atoms with E-state index in [0.717, 1.165) is 22.5 Å². The summed E-state index contributed by atoms with van der Waals surface area (Å²) in [4.78, 5) is 11.7. The zero-order chi connectivity index (χ0) is 24.4. The second kappa shape index (κ2) is 17.5. The summed E-state index contributed by atoms with van der Waals surface area (Å²) >= 11 is 0. The number of hydrogen-bond acceptors (Lipinski definition) is 4. The van der Waals surface area contributed by atoms with Gasteiger partial charge in [-0.1, -0.05) is 60.5 Å². The number of rotatable bonds is 2. The molecule has 6 heteroatoms. The summed E-state index contributed by atoms with van der Waals surface area (Å²) in [5.41, 5.74) is 1.92. The molecule has 0 atom stereocenters. The summed E-state index contributed by atoms with van der Waals surface area (Å²) in [6.45, 7) is 16.2. The van der Waals surface area contributed by atoms with Crippen molar-refractivity contribution >= 4 is 10.8 Å². The summed E-state index contributed by atoms with van der Waals surface area (Å²) in [7, 11) is 0. The Kier molecular flexibility index (Phi) is 15.8. The van der Waals surface area contributed by atoms with Gasteiger partial charge in [0, 0.05) is 36.2 Å². The molecule has 0 aliphatic rings. The number of halogens is 1. The van der Waals surface area contributed by atoms with E-state index in [4.69, 9.17) is 0 Å². The van der Waals surface area contributed by atoms with E-state index in [1.54, 1.807) is 23.3 Å². The van der Waals surface area contributed by atoms with Gasteiger partial charge in [-0.15, -0.1) is 0 Å². The lowest BCUT2D eigenvalue weighted by Crippen LogP contribution is -1.97. The molecule has 0 fully saturated rings. The second-order valence-electron chi connectivity index (χ2n) is 6.31. The van der Waals surface area contributed by atoms with E-state index < -0.39 is 0 Å². The average molecular weight is 440 g/mol. The molecule has 3 heterocycles. The van der Waals surface area contributed by atoms with Crippen molar-refractivity contribution in [3.63, 3.8) is 0 Å². The number of nitrogens with zero attached hydrogens (tertiary/aromatic N) is 5. The number of hydrogen-bond donors (Lipinski definition) is 0. The molecule has 5 nitrogen and oxygen atoms in total. The van der Waals surface area contributed by atoms with Gasteiger partial charge in [0.25, 0.3) is 0 Å². The van der Waals surface area contributed by atoms with Gasteiger partial charge in [0.15, 0.2) is 5.82 Å². The monoisotopic (exact) mass is 439 g/mol. The largest absolute Gasteiger partial charge is 0.264 e. The van der Waals surface area contributed by atoms with E-state index in [0.29, 0.717) is 5.39 Å². The van der Waals surface area contributed by atoms with Crippen LogP contribution in [0.1, 0.15) is 65.6 Å². The molecule has 0 radical (unpaired) electrons. The molecular formula is C26H38FN5. The third-order valence-corrected chi connectivity index (χ3v) is 3.87. The Hall–Kier alpha value is -3.15. The van der Waals surface area contributed by atoms with Gasteiger partial charge in [0.2, 0.25) is 0 Å². The van der Waals surface area contributed by atoms with Crippen LogP contribution < -0.4 is 0 Å². The summed E-state index contributed by atoms with van der Waals surface area (Å²) in [5, 5.41) is 5.70. The molecule has 3 aromatic heterocycles. The minimum atomic E-state index is -0.196. The summed E-state index contributed by atoms with van der Waals surface area (Å²) < 4.78 is 14.9. The van der Waals surface area contributed by atoms with Gasteiger partial charge in [0.1, 0.15) is 12.1 Å². The first kappa shape index (κ1) is 28.9. The molecule has 1 aromatic carbocycles. The Bertz CT molecular complexity index is 982. The van der Waals surface area contributed by atoms with Gasteiger partial charge in [-0.2, -0.15) is 5.10 Å². The third-order valence-electron chi connectivity index (χ3n) is 3.87. The van der Waals surface area contributed by atoms with Crippen LogP contribution >= 0.6 is 0 Å². The molecule has 0 saturated carbocycles. The molecule has 4 rings (SSSR count). The zero-order valence-electron chi connectivity index (χ0n) is 20.8. The molecule has 0 spiro atoms. The maximum atomic E-state index is 13.2. The first-order valence-electron chi connectivity index (χ1n) is 11.3.